The molecule has 3 heteroatoms. The van der Waals surface area contributed by atoms with Crippen molar-refractivity contribution in [2.24, 2.45) is 0 Å². The third-order valence-electron chi connectivity index (χ3n) is 2.44. The van der Waals surface area contributed by atoms with E-state index in [-0.39, 0.29) is 0 Å². The van der Waals surface area contributed by atoms with Crippen LogP contribution in [0.25, 0.3) is 0 Å². The van der Waals surface area contributed by atoms with Gasteiger partial charge in [-0.2, -0.15) is 0 Å². The van der Waals surface area contributed by atoms with Gasteiger partial charge < -0.3 is 10.2 Å². The fourth-order valence-electron chi connectivity index (χ4n) is 1.49. The van der Waals surface area contributed by atoms with Gasteiger partial charge in [0, 0.05) is 3.57 Å². The highest BCUT2D eigenvalue weighted by Crippen LogP contribution is 2.24. The molecular formula is C12H17IO2. The van der Waals surface area contributed by atoms with E-state index in [4.69, 9.17) is 0 Å². The molecule has 15 heavy (non-hydrogen) atoms. The van der Waals surface area contributed by atoms with Gasteiger partial charge in [0.05, 0.1) is 6.10 Å². The fraction of sp³-hybridized carbons (Fsp3) is 0.500. The van der Waals surface area contributed by atoms with Gasteiger partial charge >= 0.3 is 0 Å². The van der Waals surface area contributed by atoms with Gasteiger partial charge in [-0.05, 0) is 40.6 Å². The first-order valence-corrected chi connectivity index (χ1v) is 6.35. The van der Waals surface area contributed by atoms with Gasteiger partial charge in [-0.25, -0.2) is 0 Å². The Morgan fingerprint density at radius 1 is 1.27 bits per heavy atom. The first-order valence-electron chi connectivity index (χ1n) is 5.27. The van der Waals surface area contributed by atoms with Gasteiger partial charge in [-0.1, -0.05) is 38.0 Å². The molecule has 2 nitrogen and oxygen atoms in total. The van der Waals surface area contributed by atoms with Gasteiger partial charge in [-0.15, -0.1) is 0 Å². The number of halogens is 1. The van der Waals surface area contributed by atoms with Gasteiger partial charge in [0.25, 0.3) is 0 Å². The van der Waals surface area contributed by atoms with Crippen LogP contribution >= 0.6 is 22.6 Å². The lowest BCUT2D eigenvalue weighted by Gasteiger charge is -2.18. The van der Waals surface area contributed by atoms with E-state index < -0.39 is 12.2 Å². The first-order chi connectivity index (χ1) is 7.16. The molecule has 0 radical (unpaired) electrons. The predicted molar refractivity (Wildman–Crippen MR) is 69.7 cm³/mol. The Labute approximate surface area is 104 Å². The molecule has 1 aromatic rings. The van der Waals surface area contributed by atoms with Gasteiger partial charge in [0.1, 0.15) is 6.10 Å². The van der Waals surface area contributed by atoms with E-state index in [2.05, 4.69) is 29.5 Å². The molecule has 0 aromatic heterocycles. The van der Waals surface area contributed by atoms with E-state index in [1.807, 2.05) is 24.3 Å². The van der Waals surface area contributed by atoms with Crippen LogP contribution in [0.2, 0.25) is 0 Å². The van der Waals surface area contributed by atoms with E-state index in [0.717, 1.165) is 22.0 Å². The lowest BCUT2D eigenvalue weighted by atomic mass is 10.0. The summed E-state index contributed by atoms with van der Waals surface area (Å²) >= 11 is 2.18. The standard InChI is InChI=1S/C12H17IO2/c1-2-3-8-11(14)12(15)9-6-4-5-7-10(9)13/h4-7,11-12,14-15H,2-3,8H2,1H3. The Kier molecular flexibility index (Phi) is 5.56. The summed E-state index contributed by atoms with van der Waals surface area (Å²) in [6, 6.07) is 7.61. The SMILES string of the molecule is CCCCC(O)C(O)c1ccccc1I. The molecule has 84 valence electrons. The lowest BCUT2D eigenvalue weighted by molar-refractivity contribution is 0.0118. The zero-order chi connectivity index (χ0) is 11.3. The molecule has 0 aliphatic rings. The van der Waals surface area contributed by atoms with Crippen LogP contribution in [0.1, 0.15) is 37.9 Å². The maximum Gasteiger partial charge on any atom is 0.106 e. The highest BCUT2D eigenvalue weighted by atomic mass is 127. The second-order valence-corrected chi connectivity index (χ2v) is 4.84. The zero-order valence-corrected chi connectivity index (χ0v) is 11.0. The summed E-state index contributed by atoms with van der Waals surface area (Å²) in [5.74, 6) is 0. The molecule has 0 saturated carbocycles. The van der Waals surface area contributed by atoms with Gasteiger partial charge in [0.2, 0.25) is 0 Å². The summed E-state index contributed by atoms with van der Waals surface area (Å²) in [5, 5.41) is 19.7. The van der Waals surface area contributed by atoms with Crippen LogP contribution in [0.4, 0.5) is 0 Å². The van der Waals surface area contributed by atoms with Crippen molar-refractivity contribution in [3.63, 3.8) is 0 Å². The van der Waals surface area contributed by atoms with Crippen molar-refractivity contribution < 1.29 is 10.2 Å². The van der Waals surface area contributed by atoms with Crippen molar-refractivity contribution in [1.82, 2.24) is 0 Å². The largest absolute Gasteiger partial charge is 0.390 e. The molecule has 1 rings (SSSR count). The monoisotopic (exact) mass is 320 g/mol. The Bertz CT molecular complexity index is 301. The predicted octanol–water partition coefficient (Wildman–Crippen LogP) is 2.88. The Balaban J connectivity index is 2.67. The van der Waals surface area contributed by atoms with Crippen molar-refractivity contribution in [2.75, 3.05) is 0 Å². The average Bonchev–Trinajstić information content (AvgIpc) is 2.25. The van der Waals surface area contributed by atoms with Crippen molar-refractivity contribution in [2.45, 2.75) is 38.4 Å². The summed E-state index contributed by atoms with van der Waals surface area (Å²) in [6.45, 7) is 2.07. The molecule has 0 spiro atoms. The zero-order valence-electron chi connectivity index (χ0n) is 8.86. The van der Waals surface area contributed by atoms with E-state index >= 15 is 0 Å². The topological polar surface area (TPSA) is 40.5 Å². The maximum atomic E-state index is 9.94. The first kappa shape index (κ1) is 12.9. The van der Waals surface area contributed by atoms with Gasteiger partial charge in [-0.3, -0.25) is 0 Å². The molecule has 0 bridgehead atoms. The molecular weight excluding hydrogens is 303 g/mol. The summed E-state index contributed by atoms with van der Waals surface area (Å²) in [7, 11) is 0. The molecule has 2 atom stereocenters. The minimum Gasteiger partial charge on any atom is -0.390 e. The minimum atomic E-state index is -0.760. The van der Waals surface area contributed by atoms with E-state index in [1.54, 1.807) is 0 Å². The van der Waals surface area contributed by atoms with Crippen molar-refractivity contribution >= 4 is 22.6 Å². The van der Waals surface area contributed by atoms with Crippen molar-refractivity contribution in [3.8, 4) is 0 Å². The molecule has 0 saturated heterocycles. The third-order valence-corrected chi connectivity index (χ3v) is 3.42. The van der Waals surface area contributed by atoms with Gasteiger partial charge in [0.15, 0.2) is 0 Å². The molecule has 0 aliphatic carbocycles. The Morgan fingerprint density at radius 2 is 1.93 bits per heavy atom. The number of unbranched alkanes of at least 4 members (excludes halogenated alkanes) is 1. The molecule has 2 N–H and O–H groups in total. The number of rotatable bonds is 5. The summed E-state index contributed by atoms with van der Waals surface area (Å²) < 4.78 is 0.998. The number of hydrogen-bond donors (Lipinski definition) is 2. The maximum absolute atomic E-state index is 9.94. The second kappa shape index (κ2) is 6.45. The van der Waals surface area contributed by atoms with E-state index in [1.165, 1.54) is 0 Å². The minimum absolute atomic E-state index is 0.652. The van der Waals surface area contributed by atoms with Crippen LogP contribution < -0.4 is 0 Å². The highest BCUT2D eigenvalue weighted by Gasteiger charge is 2.19. The smallest absolute Gasteiger partial charge is 0.106 e. The molecule has 1 aromatic carbocycles. The molecule has 0 amide bonds. The number of aliphatic hydroxyl groups excluding tert-OH is 2. The highest BCUT2D eigenvalue weighted by molar-refractivity contribution is 14.1. The number of benzene rings is 1. The Hall–Kier alpha value is -0.130. The molecule has 2 unspecified atom stereocenters. The van der Waals surface area contributed by atoms with Crippen molar-refractivity contribution in [3.05, 3.63) is 33.4 Å². The normalized spacial score (nSPS) is 14.9. The van der Waals surface area contributed by atoms with Crippen molar-refractivity contribution in [1.29, 1.82) is 0 Å². The lowest BCUT2D eigenvalue weighted by Crippen LogP contribution is -2.18. The molecule has 0 aliphatic heterocycles. The van der Waals surface area contributed by atoms with Crippen LogP contribution in [0, 0.1) is 3.57 Å². The molecule has 0 heterocycles. The van der Waals surface area contributed by atoms with Crippen LogP contribution in [-0.4, -0.2) is 16.3 Å². The fourth-order valence-corrected chi connectivity index (χ4v) is 2.20. The van der Waals surface area contributed by atoms with Crippen LogP contribution in [0.3, 0.4) is 0 Å². The van der Waals surface area contributed by atoms with Crippen LogP contribution in [0.15, 0.2) is 24.3 Å². The van der Waals surface area contributed by atoms with E-state index in [0.29, 0.717) is 6.42 Å². The number of hydrogen-bond acceptors (Lipinski definition) is 2. The van der Waals surface area contributed by atoms with E-state index in [9.17, 15) is 10.2 Å². The summed E-state index contributed by atoms with van der Waals surface area (Å²) in [4.78, 5) is 0. The average molecular weight is 320 g/mol. The molecule has 0 fully saturated rings. The number of aliphatic hydroxyl groups is 2. The summed E-state index contributed by atoms with van der Waals surface area (Å²) in [6.07, 6.45) is 1.23. The summed E-state index contributed by atoms with van der Waals surface area (Å²) in [5.41, 5.74) is 0.821. The second-order valence-electron chi connectivity index (χ2n) is 3.68. The van der Waals surface area contributed by atoms with Crippen LogP contribution in [-0.2, 0) is 0 Å². The quantitative estimate of drug-likeness (QED) is 0.819. The Morgan fingerprint density at radius 3 is 2.53 bits per heavy atom. The third kappa shape index (κ3) is 3.74. The van der Waals surface area contributed by atoms with Crippen LogP contribution in [0.5, 0.6) is 0 Å².